The monoisotopic (exact) mass is 408 g/mol. The molecule has 1 N–H and O–H groups in total. The van der Waals surface area contributed by atoms with Gasteiger partial charge in [-0.1, -0.05) is 20.8 Å². The minimum Gasteiger partial charge on any atom is -0.346 e. The molecule has 1 fully saturated rings. The number of hydrogen-bond donors (Lipinski definition) is 1. The van der Waals surface area contributed by atoms with Gasteiger partial charge in [0.15, 0.2) is 0 Å². The summed E-state index contributed by atoms with van der Waals surface area (Å²) in [4.78, 5) is 35.6. The first-order valence-electron chi connectivity index (χ1n) is 9.87. The molecule has 2 aromatic heterocycles. The van der Waals surface area contributed by atoms with Crippen LogP contribution in [0, 0.1) is 0 Å². The molecule has 7 heteroatoms. The van der Waals surface area contributed by atoms with Crippen LogP contribution in [-0.4, -0.2) is 45.8 Å². The highest BCUT2D eigenvalue weighted by Gasteiger charge is 2.33. The third-order valence-corrected chi connectivity index (χ3v) is 5.96. The van der Waals surface area contributed by atoms with Crippen molar-refractivity contribution in [2.75, 3.05) is 13.1 Å². The number of thiazole rings is 1. The van der Waals surface area contributed by atoms with Crippen molar-refractivity contribution in [2.45, 2.75) is 39.2 Å². The molecule has 0 radical (unpaired) electrons. The van der Waals surface area contributed by atoms with Crippen molar-refractivity contribution in [1.29, 1.82) is 0 Å². The summed E-state index contributed by atoms with van der Waals surface area (Å²) in [7, 11) is 0. The Morgan fingerprint density at radius 3 is 2.72 bits per heavy atom. The summed E-state index contributed by atoms with van der Waals surface area (Å²) >= 11 is 1.40. The first-order valence-corrected chi connectivity index (χ1v) is 10.8. The SMILES string of the molecule is CCc1cc(C(=O)NC2CN(C(=O)c3cscn3)C2)c2nccc(C(C)C)c2c1. The average Bonchev–Trinajstić information content (AvgIpc) is 3.23. The number of hydrogen-bond acceptors (Lipinski definition) is 5. The largest absolute Gasteiger partial charge is 0.346 e. The van der Waals surface area contributed by atoms with E-state index < -0.39 is 0 Å². The molecule has 1 aromatic carbocycles. The van der Waals surface area contributed by atoms with Gasteiger partial charge < -0.3 is 10.2 Å². The maximum atomic E-state index is 13.1. The molecule has 0 atom stereocenters. The molecule has 4 rings (SSSR count). The molecule has 0 bridgehead atoms. The Kier molecular flexibility index (Phi) is 5.32. The molecule has 0 spiro atoms. The molecular formula is C22H24N4O2S. The lowest BCUT2D eigenvalue weighted by atomic mass is 9.94. The third-order valence-electron chi connectivity index (χ3n) is 5.37. The molecule has 0 saturated carbocycles. The molecule has 1 aliphatic heterocycles. The van der Waals surface area contributed by atoms with Gasteiger partial charge in [0.25, 0.3) is 11.8 Å². The van der Waals surface area contributed by atoms with Crippen molar-refractivity contribution in [1.82, 2.24) is 20.2 Å². The molecule has 29 heavy (non-hydrogen) atoms. The predicted octanol–water partition coefficient (Wildman–Crippen LogP) is 3.63. The first kappa shape index (κ1) is 19.5. The van der Waals surface area contributed by atoms with Crippen LogP contribution >= 0.6 is 11.3 Å². The van der Waals surface area contributed by atoms with E-state index in [4.69, 9.17) is 0 Å². The summed E-state index contributed by atoms with van der Waals surface area (Å²) in [6, 6.07) is 6.05. The summed E-state index contributed by atoms with van der Waals surface area (Å²) in [6.07, 6.45) is 2.62. The number of rotatable bonds is 5. The van der Waals surface area contributed by atoms with Crippen LogP contribution in [0.5, 0.6) is 0 Å². The lowest BCUT2D eigenvalue weighted by molar-refractivity contribution is 0.0538. The number of likely N-dealkylation sites (tertiary alicyclic amines) is 1. The van der Waals surface area contributed by atoms with Crippen LogP contribution < -0.4 is 5.32 Å². The van der Waals surface area contributed by atoms with E-state index in [2.05, 4.69) is 42.1 Å². The van der Waals surface area contributed by atoms with E-state index in [9.17, 15) is 9.59 Å². The number of aromatic nitrogens is 2. The van der Waals surface area contributed by atoms with Crippen LogP contribution in [0.4, 0.5) is 0 Å². The van der Waals surface area contributed by atoms with E-state index in [1.54, 1.807) is 22.0 Å². The zero-order valence-electron chi connectivity index (χ0n) is 16.8. The fourth-order valence-corrected chi connectivity index (χ4v) is 4.22. The highest BCUT2D eigenvalue weighted by molar-refractivity contribution is 7.07. The van der Waals surface area contributed by atoms with Gasteiger partial charge in [0.2, 0.25) is 0 Å². The van der Waals surface area contributed by atoms with Crippen molar-refractivity contribution in [2.24, 2.45) is 0 Å². The number of amides is 2. The highest BCUT2D eigenvalue weighted by atomic mass is 32.1. The second kappa shape index (κ2) is 7.91. The van der Waals surface area contributed by atoms with E-state index in [1.165, 1.54) is 16.9 Å². The van der Waals surface area contributed by atoms with Gasteiger partial charge in [-0.25, -0.2) is 4.98 Å². The maximum absolute atomic E-state index is 13.1. The lowest BCUT2D eigenvalue weighted by Gasteiger charge is -2.39. The van der Waals surface area contributed by atoms with Gasteiger partial charge in [0.05, 0.1) is 22.6 Å². The van der Waals surface area contributed by atoms with Crippen LogP contribution in [-0.2, 0) is 6.42 Å². The minimum atomic E-state index is -0.135. The number of pyridine rings is 1. The van der Waals surface area contributed by atoms with Crippen LogP contribution in [0.1, 0.15) is 58.7 Å². The van der Waals surface area contributed by atoms with Gasteiger partial charge in [-0.05, 0) is 41.7 Å². The van der Waals surface area contributed by atoms with Crippen LogP contribution in [0.2, 0.25) is 0 Å². The Morgan fingerprint density at radius 1 is 1.28 bits per heavy atom. The Labute approximate surface area is 174 Å². The summed E-state index contributed by atoms with van der Waals surface area (Å²) in [6.45, 7) is 7.38. The Balaban J connectivity index is 1.53. The van der Waals surface area contributed by atoms with Gasteiger partial charge in [0, 0.05) is 30.1 Å². The molecule has 2 amide bonds. The second-order valence-electron chi connectivity index (χ2n) is 7.70. The van der Waals surface area contributed by atoms with Gasteiger partial charge in [0.1, 0.15) is 5.69 Å². The van der Waals surface area contributed by atoms with Gasteiger partial charge >= 0.3 is 0 Å². The van der Waals surface area contributed by atoms with Crippen LogP contribution in [0.3, 0.4) is 0 Å². The molecule has 0 unspecified atom stereocenters. The summed E-state index contributed by atoms with van der Waals surface area (Å²) in [5.74, 6) is 0.128. The zero-order valence-corrected chi connectivity index (χ0v) is 17.6. The van der Waals surface area contributed by atoms with Crippen LogP contribution in [0.25, 0.3) is 10.9 Å². The topological polar surface area (TPSA) is 75.2 Å². The summed E-state index contributed by atoms with van der Waals surface area (Å²) < 4.78 is 0. The quantitative estimate of drug-likeness (QED) is 0.699. The number of nitrogens with one attached hydrogen (secondary N) is 1. The fraction of sp³-hybridized carbons (Fsp3) is 0.364. The number of carbonyl (C=O) groups excluding carboxylic acids is 2. The molecule has 0 aliphatic carbocycles. The molecule has 6 nitrogen and oxygen atoms in total. The molecule has 3 aromatic rings. The number of carbonyl (C=O) groups is 2. The number of nitrogens with zero attached hydrogens (tertiary/aromatic N) is 3. The van der Waals surface area contributed by atoms with Crippen molar-refractivity contribution < 1.29 is 9.59 Å². The minimum absolute atomic E-state index is 0.0568. The van der Waals surface area contributed by atoms with E-state index >= 15 is 0 Å². The van der Waals surface area contributed by atoms with Crippen molar-refractivity contribution in [3.05, 3.63) is 57.7 Å². The standard InChI is InChI=1S/C22H24N4O2S/c1-4-14-7-17-16(13(2)3)5-6-23-20(17)18(8-14)21(27)25-15-9-26(10-15)22(28)19-11-29-12-24-19/h5-8,11-13,15H,4,9-10H2,1-3H3,(H,25,27). The van der Waals surface area contributed by atoms with Crippen molar-refractivity contribution >= 4 is 34.1 Å². The Bertz CT molecular complexity index is 1060. The summed E-state index contributed by atoms with van der Waals surface area (Å²) in [5.41, 5.74) is 5.77. The first-order chi connectivity index (χ1) is 14.0. The van der Waals surface area contributed by atoms with Gasteiger partial charge in [-0.15, -0.1) is 11.3 Å². The van der Waals surface area contributed by atoms with E-state index in [0.717, 1.165) is 22.9 Å². The zero-order chi connectivity index (χ0) is 20.5. The van der Waals surface area contributed by atoms with Gasteiger partial charge in [-0.3, -0.25) is 14.6 Å². The molecular weight excluding hydrogens is 384 g/mol. The fourth-order valence-electron chi connectivity index (χ4n) is 3.69. The third kappa shape index (κ3) is 3.74. The second-order valence-corrected chi connectivity index (χ2v) is 8.42. The Morgan fingerprint density at radius 2 is 2.07 bits per heavy atom. The molecule has 3 heterocycles. The van der Waals surface area contributed by atoms with Crippen molar-refractivity contribution in [3.8, 4) is 0 Å². The molecule has 150 valence electrons. The smallest absolute Gasteiger partial charge is 0.273 e. The Hall–Kier alpha value is -2.80. The molecule has 1 aliphatic rings. The van der Waals surface area contributed by atoms with Crippen LogP contribution in [0.15, 0.2) is 35.3 Å². The van der Waals surface area contributed by atoms with Crippen molar-refractivity contribution in [3.63, 3.8) is 0 Å². The lowest BCUT2D eigenvalue weighted by Crippen LogP contribution is -2.61. The number of fused-ring (bicyclic) bond motifs is 1. The summed E-state index contributed by atoms with van der Waals surface area (Å²) in [5, 5.41) is 5.85. The number of aryl methyl sites for hydroxylation is 1. The van der Waals surface area contributed by atoms with E-state index in [0.29, 0.717) is 30.3 Å². The average molecular weight is 409 g/mol. The predicted molar refractivity (Wildman–Crippen MR) is 114 cm³/mol. The van der Waals surface area contributed by atoms with E-state index in [1.807, 2.05) is 12.1 Å². The van der Waals surface area contributed by atoms with Gasteiger partial charge in [-0.2, -0.15) is 0 Å². The number of benzene rings is 1. The normalized spacial score (nSPS) is 14.3. The highest BCUT2D eigenvalue weighted by Crippen LogP contribution is 2.28. The maximum Gasteiger partial charge on any atom is 0.273 e. The van der Waals surface area contributed by atoms with E-state index in [-0.39, 0.29) is 17.9 Å². The molecule has 1 saturated heterocycles.